The minimum absolute atomic E-state index is 0.0751. The second kappa shape index (κ2) is 47.7. The average molecular weight is 790 g/mol. The summed E-state index contributed by atoms with van der Waals surface area (Å²) in [4.78, 5) is 12.4. The number of unbranched alkanes of at least 4 members (excludes halogenated alkanes) is 21. The summed E-state index contributed by atoms with van der Waals surface area (Å²) in [6, 6.07) is -0.631. The largest absolute Gasteiger partial charge is 0.394 e. The summed E-state index contributed by atoms with van der Waals surface area (Å²) in [5.74, 6) is -0.0751. The highest BCUT2D eigenvalue weighted by Gasteiger charge is 2.17. The number of allylic oxidation sites excluding steroid dienone is 15. The molecule has 0 saturated heterocycles. The summed E-state index contributed by atoms with van der Waals surface area (Å²) in [5, 5.41) is 23.0. The van der Waals surface area contributed by atoms with Crippen LogP contribution in [0.2, 0.25) is 0 Å². The minimum Gasteiger partial charge on any atom is -0.394 e. The van der Waals surface area contributed by atoms with Crippen LogP contribution < -0.4 is 5.32 Å². The Morgan fingerprint density at radius 2 is 0.772 bits per heavy atom. The number of amides is 1. The molecule has 0 fully saturated rings. The second-order valence-electron chi connectivity index (χ2n) is 15.8. The molecule has 4 nitrogen and oxygen atoms in total. The van der Waals surface area contributed by atoms with Gasteiger partial charge in [-0.15, -0.1) is 0 Å². The lowest BCUT2D eigenvalue weighted by atomic mass is 10.0. The van der Waals surface area contributed by atoms with E-state index in [2.05, 4.69) is 104 Å². The first-order valence-corrected chi connectivity index (χ1v) is 24.0. The number of rotatable bonds is 42. The quantitative estimate of drug-likeness (QED) is 0.0426. The van der Waals surface area contributed by atoms with E-state index in [-0.39, 0.29) is 12.5 Å². The van der Waals surface area contributed by atoms with Crippen molar-refractivity contribution < 1.29 is 15.0 Å². The van der Waals surface area contributed by atoms with Gasteiger partial charge in [0.25, 0.3) is 0 Å². The number of carbonyl (C=O) groups excluding carboxylic acids is 1. The van der Waals surface area contributed by atoms with Gasteiger partial charge in [0.05, 0.1) is 18.8 Å². The van der Waals surface area contributed by atoms with E-state index in [0.29, 0.717) is 6.42 Å². The molecule has 2 atom stereocenters. The second-order valence-corrected chi connectivity index (χ2v) is 15.8. The van der Waals surface area contributed by atoms with E-state index in [4.69, 9.17) is 0 Å². The van der Waals surface area contributed by atoms with Crippen molar-refractivity contribution in [3.05, 3.63) is 97.2 Å². The highest BCUT2D eigenvalue weighted by Crippen LogP contribution is 2.14. The van der Waals surface area contributed by atoms with Gasteiger partial charge in [-0.2, -0.15) is 0 Å². The molecule has 1 amide bonds. The molecule has 0 radical (unpaired) electrons. The third-order valence-corrected chi connectivity index (χ3v) is 10.3. The van der Waals surface area contributed by atoms with Gasteiger partial charge < -0.3 is 15.5 Å². The van der Waals surface area contributed by atoms with E-state index >= 15 is 0 Å². The molecule has 0 aromatic heterocycles. The van der Waals surface area contributed by atoms with Gasteiger partial charge in [0.2, 0.25) is 5.91 Å². The van der Waals surface area contributed by atoms with Crippen molar-refractivity contribution in [3.8, 4) is 0 Å². The third kappa shape index (κ3) is 44.3. The molecule has 326 valence electrons. The van der Waals surface area contributed by atoms with Crippen molar-refractivity contribution in [2.45, 2.75) is 225 Å². The topological polar surface area (TPSA) is 69.6 Å². The van der Waals surface area contributed by atoms with E-state index in [1.165, 1.54) is 122 Å². The Morgan fingerprint density at radius 3 is 1.16 bits per heavy atom. The first-order valence-electron chi connectivity index (χ1n) is 24.0. The smallest absolute Gasteiger partial charge is 0.220 e. The molecule has 0 saturated carbocycles. The van der Waals surface area contributed by atoms with Crippen LogP contribution in [0.25, 0.3) is 0 Å². The lowest BCUT2D eigenvalue weighted by Crippen LogP contribution is -2.45. The van der Waals surface area contributed by atoms with Gasteiger partial charge in [-0.25, -0.2) is 0 Å². The Kier molecular flexibility index (Phi) is 45.4. The fourth-order valence-electron chi connectivity index (χ4n) is 6.69. The predicted molar refractivity (Wildman–Crippen MR) is 253 cm³/mol. The van der Waals surface area contributed by atoms with Gasteiger partial charge in [-0.1, -0.05) is 227 Å². The molecular weight excluding hydrogens is 699 g/mol. The molecule has 0 bridgehead atoms. The van der Waals surface area contributed by atoms with Crippen molar-refractivity contribution >= 4 is 5.91 Å². The Balaban J connectivity index is 3.62. The molecule has 0 aromatic rings. The molecule has 4 heteroatoms. The van der Waals surface area contributed by atoms with E-state index < -0.39 is 12.1 Å². The number of aliphatic hydroxyl groups is 2. The molecule has 0 aliphatic rings. The number of carbonyl (C=O) groups is 1. The number of hydrogen-bond donors (Lipinski definition) is 3. The minimum atomic E-state index is -0.847. The Bertz CT molecular complexity index is 1080. The molecule has 57 heavy (non-hydrogen) atoms. The molecule has 0 aliphatic heterocycles. The van der Waals surface area contributed by atoms with Crippen molar-refractivity contribution in [1.29, 1.82) is 0 Å². The molecular formula is C53H91NO3. The molecule has 2 unspecified atom stereocenters. The monoisotopic (exact) mass is 790 g/mol. The maximum atomic E-state index is 12.4. The summed E-state index contributed by atoms with van der Waals surface area (Å²) in [6.07, 6.45) is 70.9. The predicted octanol–water partition coefficient (Wildman–Crippen LogP) is 15.4. The van der Waals surface area contributed by atoms with Crippen molar-refractivity contribution in [1.82, 2.24) is 5.32 Å². The van der Waals surface area contributed by atoms with Gasteiger partial charge in [0, 0.05) is 6.42 Å². The highest BCUT2D eigenvalue weighted by atomic mass is 16.3. The zero-order valence-electron chi connectivity index (χ0n) is 37.3. The first kappa shape index (κ1) is 54.3. The van der Waals surface area contributed by atoms with Crippen molar-refractivity contribution in [2.75, 3.05) is 6.61 Å². The number of nitrogens with one attached hydrogen (secondary N) is 1. The summed E-state index contributed by atoms with van der Waals surface area (Å²) >= 11 is 0. The van der Waals surface area contributed by atoms with Crippen LogP contribution in [0.1, 0.15) is 213 Å². The van der Waals surface area contributed by atoms with Crippen LogP contribution >= 0.6 is 0 Å². The van der Waals surface area contributed by atoms with Crippen LogP contribution in [-0.4, -0.2) is 34.9 Å². The van der Waals surface area contributed by atoms with Gasteiger partial charge in [0.15, 0.2) is 0 Å². The van der Waals surface area contributed by atoms with Gasteiger partial charge >= 0.3 is 0 Å². The third-order valence-electron chi connectivity index (χ3n) is 10.3. The summed E-state index contributed by atoms with van der Waals surface area (Å²) in [7, 11) is 0. The Morgan fingerprint density at radius 1 is 0.439 bits per heavy atom. The zero-order valence-corrected chi connectivity index (χ0v) is 37.3. The van der Waals surface area contributed by atoms with Gasteiger partial charge in [-0.3, -0.25) is 4.79 Å². The van der Waals surface area contributed by atoms with Gasteiger partial charge in [0.1, 0.15) is 0 Å². The molecule has 0 aliphatic carbocycles. The molecule has 3 N–H and O–H groups in total. The van der Waals surface area contributed by atoms with E-state index in [0.717, 1.165) is 70.6 Å². The van der Waals surface area contributed by atoms with E-state index in [1.54, 1.807) is 6.08 Å². The number of aliphatic hydroxyl groups excluding tert-OH is 2. The zero-order chi connectivity index (χ0) is 41.4. The van der Waals surface area contributed by atoms with Crippen LogP contribution in [-0.2, 0) is 4.79 Å². The molecule has 0 heterocycles. The van der Waals surface area contributed by atoms with Crippen LogP contribution in [0.5, 0.6) is 0 Å². The fourth-order valence-corrected chi connectivity index (χ4v) is 6.69. The Labute approximate surface area is 353 Å². The molecule has 0 spiro atoms. The van der Waals surface area contributed by atoms with E-state index in [9.17, 15) is 15.0 Å². The maximum Gasteiger partial charge on any atom is 0.220 e. The molecule has 0 aromatic carbocycles. The summed E-state index contributed by atoms with van der Waals surface area (Å²) < 4.78 is 0. The number of hydrogen-bond acceptors (Lipinski definition) is 3. The SMILES string of the molecule is CC/C=C\C/C=C\C/C=C\C/C=C\C/C=C\C/C=C\C/C=C\CCCCCCCCCCCC(=O)NC(CO)C(O)/C=C/CCCCCCCCCCCCCC. The normalized spacial score (nSPS) is 13.8. The van der Waals surface area contributed by atoms with Crippen LogP contribution in [0.4, 0.5) is 0 Å². The molecule has 0 rings (SSSR count). The standard InChI is InChI=1S/C53H91NO3/c1-3-5-7-9-11-13-15-17-19-20-21-22-23-24-25-26-27-28-29-30-31-32-33-34-35-37-39-41-43-45-47-49-53(57)54-51(50-55)52(56)48-46-44-42-40-38-36-18-16-14-12-10-8-6-4-2/h5,7,11,13,17,19,21-22,24-25,27-28,30-31,46,48,51-52,55-56H,3-4,6,8-10,12,14-16,18,20,23,26,29,32-45,47,49-50H2,1-2H3,(H,54,57)/b7-5-,13-11-,19-17-,22-21-,25-24-,28-27-,31-30-,48-46+. The van der Waals surface area contributed by atoms with Crippen LogP contribution in [0, 0.1) is 0 Å². The summed E-state index contributed by atoms with van der Waals surface area (Å²) in [6.45, 7) is 4.18. The maximum absolute atomic E-state index is 12.4. The highest BCUT2D eigenvalue weighted by molar-refractivity contribution is 5.76. The van der Waals surface area contributed by atoms with Crippen molar-refractivity contribution in [3.63, 3.8) is 0 Å². The van der Waals surface area contributed by atoms with Crippen LogP contribution in [0.15, 0.2) is 97.2 Å². The van der Waals surface area contributed by atoms with E-state index in [1.807, 2.05) is 6.08 Å². The fraction of sp³-hybridized carbons (Fsp3) is 0.679. The average Bonchev–Trinajstić information content (AvgIpc) is 3.22. The van der Waals surface area contributed by atoms with Crippen molar-refractivity contribution in [2.24, 2.45) is 0 Å². The lowest BCUT2D eigenvalue weighted by molar-refractivity contribution is -0.123. The lowest BCUT2D eigenvalue weighted by Gasteiger charge is -2.20. The van der Waals surface area contributed by atoms with Gasteiger partial charge in [-0.05, 0) is 77.0 Å². The Hall–Kier alpha value is -2.69. The first-order chi connectivity index (χ1) is 28.2. The summed E-state index contributed by atoms with van der Waals surface area (Å²) in [5.41, 5.74) is 0. The van der Waals surface area contributed by atoms with Crippen LogP contribution in [0.3, 0.4) is 0 Å².